The van der Waals surface area contributed by atoms with Crippen molar-refractivity contribution >= 4 is 28.6 Å². The molecule has 1 aliphatic rings. The zero-order chi connectivity index (χ0) is 15.2. The van der Waals surface area contributed by atoms with E-state index < -0.39 is 0 Å². The van der Waals surface area contributed by atoms with Crippen molar-refractivity contribution in [2.75, 3.05) is 0 Å². The third kappa shape index (κ3) is 4.40. The third-order valence-electron chi connectivity index (χ3n) is 4.10. The number of thiazole rings is 1. The summed E-state index contributed by atoms with van der Waals surface area (Å²) in [6.07, 6.45) is 9.11. The Morgan fingerprint density at radius 2 is 1.95 bits per heavy atom. The van der Waals surface area contributed by atoms with Gasteiger partial charge in [-0.25, -0.2) is 4.98 Å². The molecule has 22 heavy (non-hydrogen) atoms. The molecule has 118 valence electrons. The van der Waals surface area contributed by atoms with Gasteiger partial charge in [-0.3, -0.25) is 4.79 Å². The third-order valence-corrected chi connectivity index (χ3v) is 6.03. The van der Waals surface area contributed by atoms with Gasteiger partial charge in [0.2, 0.25) is 5.91 Å². The van der Waals surface area contributed by atoms with E-state index in [9.17, 15) is 4.79 Å². The Labute approximate surface area is 139 Å². The second-order valence-corrected chi connectivity index (χ2v) is 7.71. The van der Waals surface area contributed by atoms with E-state index in [4.69, 9.17) is 0 Å². The molecule has 1 saturated carbocycles. The molecule has 0 aliphatic heterocycles. The van der Waals surface area contributed by atoms with Gasteiger partial charge >= 0.3 is 0 Å². The summed E-state index contributed by atoms with van der Waals surface area (Å²) in [5.74, 6) is 0.119. The first-order valence-electron chi connectivity index (χ1n) is 8.09. The fraction of sp³-hybridized carbons (Fsp3) is 0.529. The lowest BCUT2D eigenvalue weighted by atomic mass is 9.96. The molecule has 5 heteroatoms. The first-order valence-corrected chi connectivity index (χ1v) is 9.85. The summed E-state index contributed by atoms with van der Waals surface area (Å²) >= 11 is 3.31. The van der Waals surface area contributed by atoms with Gasteiger partial charge in [0.05, 0.1) is 17.0 Å². The van der Waals surface area contributed by atoms with Gasteiger partial charge in [-0.2, -0.15) is 0 Å². The van der Waals surface area contributed by atoms with Gasteiger partial charge in [0.1, 0.15) is 5.01 Å². The Kier molecular flexibility index (Phi) is 5.62. The van der Waals surface area contributed by atoms with Crippen LogP contribution in [0.5, 0.6) is 0 Å². The highest BCUT2D eigenvalue weighted by Gasteiger charge is 2.15. The first-order chi connectivity index (χ1) is 10.8. The number of carbonyl (C=O) groups is 1. The largest absolute Gasteiger partial charge is 0.353 e. The van der Waals surface area contributed by atoms with Gasteiger partial charge in [0.15, 0.2) is 0 Å². The van der Waals surface area contributed by atoms with Crippen LogP contribution in [0.4, 0.5) is 0 Å². The molecule has 0 atom stereocenters. The summed E-state index contributed by atoms with van der Waals surface area (Å²) < 4.78 is 0. The SMILES string of the molecule is O=C(Cc1csc(-c2cccs2)n1)NC1CCCCCCC1. The van der Waals surface area contributed by atoms with Crippen LogP contribution >= 0.6 is 22.7 Å². The number of aromatic nitrogens is 1. The molecule has 2 heterocycles. The number of rotatable bonds is 4. The summed E-state index contributed by atoms with van der Waals surface area (Å²) in [4.78, 5) is 18.0. The van der Waals surface area contributed by atoms with E-state index in [1.807, 2.05) is 11.4 Å². The average molecular weight is 335 g/mol. The van der Waals surface area contributed by atoms with Crippen molar-refractivity contribution in [1.29, 1.82) is 0 Å². The highest BCUT2D eigenvalue weighted by atomic mass is 32.1. The molecule has 0 unspecified atom stereocenters. The molecule has 0 spiro atoms. The van der Waals surface area contributed by atoms with Crippen molar-refractivity contribution in [3.8, 4) is 9.88 Å². The van der Waals surface area contributed by atoms with Gasteiger partial charge in [-0.1, -0.05) is 38.2 Å². The molecule has 2 aromatic rings. The van der Waals surface area contributed by atoms with Crippen molar-refractivity contribution < 1.29 is 4.79 Å². The number of hydrogen-bond donors (Lipinski definition) is 1. The normalized spacial score (nSPS) is 16.9. The second-order valence-electron chi connectivity index (χ2n) is 5.91. The maximum atomic E-state index is 12.2. The molecule has 1 amide bonds. The molecule has 2 aromatic heterocycles. The van der Waals surface area contributed by atoms with Crippen LogP contribution in [0.1, 0.15) is 50.6 Å². The molecule has 1 fully saturated rings. The van der Waals surface area contributed by atoms with E-state index >= 15 is 0 Å². The smallest absolute Gasteiger partial charge is 0.226 e. The highest BCUT2D eigenvalue weighted by Crippen LogP contribution is 2.27. The van der Waals surface area contributed by atoms with Crippen LogP contribution in [0.15, 0.2) is 22.9 Å². The van der Waals surface area contributed by atoms with Crippen LogP contribution in [0, 0.1) is 0 Å². The first kappa shape index (κ1) is 15.7. The van der Waals surface area contributed by atoms with Crippen LogP contribution in [0.3, 0.4) is 0 Å². The Hall–Kier alpha value is -1.20. The minimum Gasteiger partial charge on any atom is -0.353 e. The van der Waals surface area contributed by atoms with Crippen molar-refractivity contribution in [2.24, 2.45) is 0 Å². The number of nitrogens with one attached hydrogen (secondary N) is 1. The summed E-state index contributed by atoms with van der Waals surface area (Å²) in [5.41, 5.74) is 0.886. The summed E-state index contributed by atoms with van der Waals surface area (Å²) in [7, 11) is 0. The van der Waals surface area contributed by atoms with Gasteiger partial charge in [0, 0.05) is 11.4 Å². The van der Waals surface area contributed by atoms with Crippen LogP contribution in [0.25, 0.3) is 9.88 Å². The van der Waals surface area contributed by atoms with Crippen LogP contribution in [-0.2, 0) is 11.2 Å². The van der Waals surface area contributed by atoms with Crippen molar-refractivity contribution in [1.82, 2.24) is 10.3 Å². The minimum absolute atomic E-state index is 0.119. The van der Waals surface area contributed by atoms with Gasteiger partial charge in [-0.05, 0) is 24.3 Å². The maximum absolute atomic E-state index is 12.2. The molecular formula is C17H22N2OS2. The van der Waals surface area contributed by atoms with E-state index in [1.165, 1.54) is 37.0 Å². The van der Waals surface area contributed by atoms with Crippen LogP contribution in [-0.4, -0.2) is 16.9 Å². The fourth-order valence-electron chi connectivity index (χ4n) is 2.95. The van der Waals surface area contributed by atoms with Crippen LogP contribution in [0.2, 0.25) is 0 Å². The zero-order valence-electron chi connectivity index (χ0n) is 12.7. The fourth-order valence-corrected chi connectivity index (χ4v) is 4.58. The molecule has 1 aliphatic carbocycles. The number of carbonyl (C=O) groups excluding carboxylic acids is 1. The Balaban J connectivity index is 1.53. The van der Waals surface area contributed by atoms with Gasteiger partial charge in [-0.15, -0.1) is 22.7 Å². The lowest BCUT2D eigenvalue weighted by molar-refractivity contribution is -0.121. The number of nitrogens with zero attached hydrogens (tertiary/aromatic N) is 1. The number of hydrogen-bond acceptors (Lipinski definition) is 4. The number of amides is 1. The van der Waals surface area contributed by atoms with E-state index in [-0.39, 0.29) is 5.91 Å². The molecular weight excluding hydrogens is 312 g/mol. The van der Waals surface area contributed by atoms with E-state index in [2.05, 4.69) is 21.7 Å². The van der Waals surface area contributed by atoms with Crippen molar-refractivity contribution in [3.05, 3.63) is 28.6 Å². The van der Waals surface area contributed by atoms with Gasteiger partial charge < -0.3 is 5.32 Å². The van der Waals surface area contributed by atoms with Crippen LogP contribution < -0.4 is 5.32 Å². The predicted octanol–water partition coefficient (Wildman–Crippen LogP) is 4.64. The quantitative estimate of drug-likeness (QED) is 0.885. The van der Waals surface area contributed by atoms with Gasteiger partial charge in [0.25, 0.3) is 0 Å². The minimum atomic E-state index is 0.119. The monoisotopic (exact) mass is 334 g/mol. The highest BCUT2D eigenvalue weighted by molar-refractivity contribution is 7.20. The lowest BCUT2D eigenvalue weighted by Crippen LogP contribution is -2.36. The molecule has 0 radical (unpaired) electrons. The summed E-state index contributed by atoms with van der Waals surface area (Å²) in [6.45, 7) is 0. The number of thiophene rings is 1. The zero-order valence-corrected chi connectivity index (χ0v) is 14.3. The van der Waals surface area contributed by atoms with Crippen molar-refractivity contribution in [3.63, 3.8) is 0 Å². The molecule has 3 rings (SSSR count). The Morgan fingerprint density at radius 3 is 2.68 bits per heavy atom. The maximum Gasteiger partial charge on any atom is 0.226 e. The van der Waals surface area contributed by atoms with E-state index in [0.29, 0.717) is 12.5 Å². The lowest BCUT2D eigenvalue weighted by Gasteiger charge is -2.20. The predicted molar refractivity (Wildman–Crippen MR) is 93.4 cm³/mol. The molecule has 0 bridgehead atoms. The molecule has 3 nitrogen and oxygen atoms in total. The standard InChI is InChI=1S/C17H22N2OS2/c20-16(18-13-7-4-2-1-3-5-8-13)11-14-12-22-17(19-14)15-9-6-10-21-15/h6,9-10,12-13H,1-5,7-8,11H2,(H,18,20). The summed E-state index contributed by atoms with van der Waals surface area (Å²) in [5, 5.41) is 8.28. The topological polar surface area (TPSA) is 42.0 Å². The Bertz CT molecular complexity index is 584. The summed E-state index contributed by atoms with van der Waals surface area (Å²) in [6, 6.07) is 4.47. The van der Waals surface area contributed by atoms with E-state index in [0.717, 1.165) is 23.5 Å². The molecule has 0 aromatic carbocycles. The average Bonchev–Trinajstić information content (AvgIpc) is 3.12. The molecule has 1 N–H and O–H groups in total. The molecule has 0 saturated heterocycles. The second kappa shape index (κ2) is 7.88. The Morgan fingerprint density at radius 1 is 1.18 bits per heavy atom. The van der Waals surface area contributed by atoms with E-state index in [1.54, 1.807) is 22.7 Å². The van der Waals surface area contributed by atoms with Crippen molar-refractivity contribution in [2.45, 2.75) is 57.4 Å².